The Morgan fingerprint density at radius 1 is 1.70 bits per heavy atom. The Kier molecular flexibility index (Phi) is 4.13. The first-order chi connectivity index (χ1) is 4.50. The predicted molar refractivity (Wildman–Crippen MR) is 40.0 cm³/mol. The molecule has 62 valence electrons. The van der Waals surface area contributed by atoms with Crippen molar-refractivity contribution in [2.75, 3.05) is 13.2 Å². The van der Waals surface area contributed by atoms with Gasteiger partial charge in [-0.1, -0.05) is 13.8 Å². The Bertz CT molecular complexity index is 137. The summed E-state index contributed by atoms with van der Waals surface area (Å²) in [6.45, 7) is 3.69. The average molecular weight is 167 g/mol. The van der Waals surface area contributed by atoms with Crippen LogP contribution in [-0.2, 0) is 9.09 Å². The molecule has 0 aliphatic rings. The summed E-state index contributed by atoms with van der Waals surface area (Å²) in [5.74, 6) is 0. The molecule has 3 N–H and O–H groups in total. The van der Waals surface area contributed by atoms with Crippen molar-refractivity contribution in [1.82, 2.24) is 0 Å². The Hall–Kier alpha value is 0.110. The second kappa shape index (κ2) is 4.09. The van der Waals surface area contributed by atoms with E-state index in [1.807, 2.05) is 0 Å². The molecule has 0 spiro atoms. The van der Waals surface area contributed by atoms with Crippen molar-refractivity contribution in [1.29, 1.82) is 0 Å². The fraction of sp³-hybridized carbons (Fsp3) is 1.00. The van der Waals surface area contributed by atoms with Crippen LogP contribution < -0.4 is 5.73 Å². The average Bonchev–Trinajstić information content (AvgIpc) is 1.84. The molecule has 0 aliphatic heterocycles. The van der Waals surface area contributed by atoms with Gasteiger partial charge in [-0.15, -0.1) is 0 Å². The molecule has 0 fully saturated rings. The summed E-state index contributed by atoms with van der Waals surface area (Å²) < 4.78 is 15.6. The van der Waals surface area contributed by atoms with Gasteiger partial charge in [0.1, 0.15) is 0 Å². The SMILES string of the molecule is CC(C)P(=O)(O)OCCN. The van der Waals surface area contributed by atoms with Gasteiger partial charge in [-0.2, -0.15) is 0 Å². The smallest absolute Gasteiger partial charge is 0.328 e. The molecule has 1 atom stereocenters. The lowest BCUT2D eigenvalue weighted by Gasteiger charge is -2.13. The maximum Gasteiger partial charge on any atom is 0.330 e. The predicted octanol–water partition coefficient (Wildman–Crippen LogP) is 0.555. The highest BCUT2D eigenvalue weighted by atomic mass is 31.2. The van der Waals surface area contributed by atoms with Crippen LogP contribution in [0.25, 0.3) is 0 Å². The van der Waals surface area contributed by atoms with Gasteiger partial charge in [-0.05, 0) is 0 Å². The van der Waals surface area contributed by atoms with Crippen LogP contribution in [0, 0.1) is 0 Å². The zero-order valence-electron chi connectivity index (χ0n) is 6.28. The maximum atomic E-state index is 11.0. The molecule has 10 heavy (non-hydrogen) atoms. The third-order valence-corrected chi connectivity index (χ3v) is 2.90. The van der Waals surface area contributed by atoms with E-state index in [-0.39, 0.29) is 18.8 Å². The maximum absolute atomic E-state index is 11.0. The van der Waals surface area contributed by atoms with Crippen LogP contribution in [0.4, 0.5) is 0 Å². The molecular weight excluding hydrogens is 153 g/mol. The molecule has 0 saturated carbocycles. The van der Waals surface area contributed by atoms with Gasteiger partial charge in [0.05, 0.1) is 12.3 Å². The summed E-state index contributed by atoms with van der Waals surface area (Å²) in [5, 5.41) is 0. The summed E-state index contributed by atoms with van der Waals surface area (Å²) in [5.41, 5.74) is 4.73. The van der Waals surface area contributed by atoms with Crippen molar-refractivity contribution < 1.29 is 14.0 Å². The van der Waals surface area contributed by atoms with Crippen molar-refractivity contribution in [3.8, 4) is 0 Å². The standard InChI is InChI=1S/C5H14NO3P/c1-5(2)10(7,8)9-4-3-6/h5H,3-4,6H2,1-2H3,(H,7,8). The molecule has 0 aromatic heterocycles. The Morgan fingerprint density at radius 3 is 2.50 bits per heavy atom. The molecule has 0 aliphatic carbocycles. The first-order valence-corrected chi connectivity index (χ1v) is 4.82. The highest BCUT2D eigenvalue weighted by Gasteiger charge is 2.23. The molecular formula is C5H14NO3P. The van der Waals surface area contributed by atoms with Gasteiger partial charge in [0.2, 0.25) is 0 Å². The second-order valence-electron chi connectivity index (χ2n) is 2.28. The number of rotatable bonds is 4. The summed E-state index contributed by atoms with van der Waals surface area (Å²) in [6, 6.07) is 0. The summed E-state index contributed by atoms with van der Waals surface area (Å²) in [4.78, 5) is 9.00. The normalized spacial score (nSPS) is 17.3. The van der Waals surface area contributed by atoms with Gasteiger partial charge >= 0.3 is 7.60 Å². The summed E-state index contributed by atoms with van der Waals surface area (Å²) in [6.07, 6.45) is 0. The van der Waals surface area contributed by atoms with Gasteiger partial charge in [-0.3, -0.25) is 4.57 Å². The van der Waals surface area contributed by atoms with Gasteiger partial charge in [-0.25, -0.2) is 0 Å². The van der Waals surface area contributed by atoms with E-state index in [2.05, 4.69) is 4.52 Å². The van der Waals surface area contributed by atoms with E-state index in [1.54, 1.807) is 13.8 Å². The molecule has 1 unspecified atom stereocenters. The molecule has 0 saturated heterocycles. The van der Waals surface area contributed by atoms with Crippen LogP contribution in [0.2, 0.25) is 0 Å². The van der Waals surface area contributed by atoms with E-state index in [1.165, 1.54) is 0 Å². The Balaban J connectivity index is 3.76. The van der Waals surface area contributed by atoms with E-state index < -0.39 is 7.60 Å². The molecule has 0 heterocycles. The first kappa shape index (κ1) is 10.1. The zero-order chi connectivity index (χ0) is 8.20. The molecule has 0 rings (SSSR count). The fourth-order valence-corrected chi connectivity index (χ4v) is 0.998. The van der Waals surface area contributed by atoms with Crippen LogP contribution in [0.15, 0.2) is 0 Å². The van der Waals surface area contributed by atoms with Gasteiger partial charge in [0, 0.05) is 6.54 Å². The minimum Gasteiger partial charge on any atom is -0.328 e. The van der Waals surface area contributed by atoms with E-state index in [4.69, 9.17) is 10.6 Å². The van der Waals surface area contributed by atoms with Gasteiger partial charge < -0.3 is 15.2 Å². The van der Waals surface area contributed by atoms with Crippen LogP contribution in [0.5, 0.6) is 0 Å². The molecule has 0 bridgehead atoms. The van der Waals surface area contributed by atoms with Gasteiger partial charge in [0.15, 0.2) is 0 Å². The van der Waals surface area contributed by atoms with Crippen LogP contribution >= 0.6 is 7.60 Å². The molecule has 0 radical (unpaired) electrons. The Morgan fingerprint density at radius 2 is 2.20 bits per heavy atom. The fourth-order valence-electron chi connectivity index (χ4n) is 0.333. The monoisotopic (exact) mass is 167 g/mol. The van der Waals surface area contributed by atoms with Crippen molar-refractivity contribution in [3.05, 3.63) is 0 Å². The van der Waals surface area contributed by atoms with Gasteiger partial charge in [0.25, 0.3) is 0 Å². The third-order valence-electron chi connectivity index (χ3n) is 1.05. The Labute approximate surface area is 60.9 Å². The van der Waals surface area contributed by atoms with Crippen molar-refractivity contribution in [3.63, 3.8) is 0 Å². The molecule has 5 heteroatoms. The van der Waals surface area contributed by atoms with Crippen LogP contribution in [0.3, 0.4) is 0 Å². The van der Waals surface area contributed by atoms with E-state index in [0.29, 0.717) is 0 Å². The van der Waals surface area contributed by atoms with E-state index in [9.17, 15) is 4.57 Å². The number of hydrogen-bond acceptors (Lipinski definition) is 3. The molecule has 4 nitrogen and oxygen atoms in total. The molecule has 0 amide bonds. The van der Waals surface area contributed by atoms with Crippen molar-refractivity contribution in [2.45, 2.75) is 19.5 Å². The highest BCUT2D eigenvalue weighted by Crippen LogP contribution is 2.46. The molecule has 0 aromatic rings. The lowest BCUT2D eigenvalue weighted by molar-refractivity contribution is 0.261. The van der Waals surface area contributed by atoms with E-state index >= 15 is 0 Å². The third kappa shape index (κ3) is 3.32. The second-order valence-corrected chi connectivity index (χ2v) is 4.70. The highest BCUT2D eigenvalue weighted by molar-refractivity contribution is 7.53. The first-order valence-electron chi connectivity index (χ1n) is 3.17. The van der Waals surface area contributed by atoms with Crippen molar-refractivity contribution in [2.24, 2.45) is 5.73 Å². The lowest BCUT2D eigenvalue weighted by Crippen LogP contribution is -2.10. The largest absolute Gasteiger partial charge is 0.330 e. The number of nitrogens with two attached hydrogens (primary N) is 1. The van der Waals surface area contributed by atoms with Crippen LogP contribution in [-0.4, -0.2) is 23.7 Å². The van der Waals surface area contributed by atoms with E-state index in [0.717, 1.165) is 0 Å². The minimum atomic E-state index is -3.36. The quantitative estimate of drug-likeness (QED) is 0.600. The number of hydrogen-bond donors (Lipinski definition) is 2. The lowest BCUT2D eigenvalue weighted by atomic mass is 10.6. The zero-order valence-corrected chi connectivity index (χ0v) is 7.17. The van der Waals surface area contributed by atoms with Crippen LogP contribution in [0.1, 0.15) is 13.8 Å². The summed E-state index contributed by atoms with van der Waals surface area (Å²) >= 11 is 0. The molecule has 0 aromatic carbocycles. The summed E-state index contributed by atoms with van der Waals surface area (Å²) in [7, 11) is -3.36. The topological polar surface area (TPSA) is 72.5 Å². The van der Waals surface area contributed by atoms with Crippen molar-refractivity contribution >= 4 is 7.60 Å². The minimum absolute atomic E-state index is 0.145.